The van der Waals surface area contributed by atoms with E-state index in [1.54, 1.807) is 14.1 Å². The fraction of sp³-hybridized carbons (Fsp3) is 0.636. The van der Waals surface area contributed by atoms with Gasteiger partial charge in [0.1, 0.15) is 0 Å². The molecule has 2 saturated heterocycles. The predicted octanol–water partition coefficient (Wildman–Crippen LogP) is 1.60. The van der Waals surface area contributed by atoms with Crippen molar-refractivity contribution >= 4 is 11.8 Å². The Morgan fingerprint density at radius 2 is 1.07 bits per heavy atom. The molecule has 2 aliphatic heterocycles. The summed E-state index contributed by atoms with van der Waals surface area (Å²) in [6, 6.07) is 8.93. The maximum atomic E-state index is 11.7. The highest BCUT2D eigenvalue weighted by atomic mass is 16.2. The Bertz CT molecular complexity index is 588. The van der Waals surface area contributed by atoms with Crippen LogP contribution < -0.4 is 10.6 Å². The first-order valence-electron chi connectivity index (χ1n) is 10.5. The van der Waals surface area contributed by atoms with Crippen molar-refractivity contribution in [1.29, 1.82) is 0 Å². The standard InChI is InChI=1S/C22H34N4O2/c1-23-21(27)19-7-11-25(12-8-19)15-17-3-5-18(6-4-17)16-26-13-9-20(10-14-26)22(28)24-2/h3-6,19-20H,7-16H2,1-2H3,(H,23,27)(H,24,28). The van der Waals surface area contributed by atoms with Gasteiger partial charge in [-0.2, -0.15) is 0 Å². The second kappa shape index (κ2) is 10.0. The zero-order chi connectivity index (χ0) is 19.9. The number of piperidine rings is 2. The van der Waals surface area contributed by atoms with E-state index in [-0.39, 0.29) is 23.7 Å². The van der Waals surface area contributed by atoms with Gasteiger partial charge in [0.05, 0.1) is 0 Å². The average molecular weight is 387 g/mol. The van der Waals surface area contributed by atoms with Gasteiger partial charge in [0, 0.05) is 39.0 Å². The van der Waals surface area contributed by atoms with Gasteiger partial charge in [-0.15, -0.1) is 0 Å². The lowest BCUT2D eigenvalue weighted by molar-refractivity contribution is -0.126. The van der Waals surface area contributed by atoms with Gasteiger partial charge in [-0.05, 0) is 63.0 Å². The Morgan fingerprint density at radius 3 is 1.36 bits per heavy atom. The maximum absolute atomic E-state index is 11.7. The second-order valence-electron chi connectivity index (χ2n) is 8.15. The van der Waals surface area contributed by atoms with Crippen LogP contribution in [-0.4, -0.2) is 61.9 Å². The molecule has 2 heterocycles. The minimum atomic E-state index is 0.177. The number of nitrogens with one attached hydrogen (secondary N) is 2. The molecule has 0 atom stereocenters. The summed E-state index contributed by atoms with van der Waals surface area (Å²) in [4.78, 5) is 28.4. The van der Waals surface area contributed by atoms with Crippen LogP contribution in [0, 0.1) is 11.8 Å². The molecule has 1 aromatic carbocycles. The number of hydrogen-bond donors (Lipinski definition) is 2. The summed E-state index contributed by atoms with van der Waals surface area (Å²) >= 11 is 0. The Kier molecular flexibility index (Phi) is 7.45. The molecule has 0 unspecified atom stereocenters. The van der Waals surface area contributed by atoms with Gasteiger partial charge in [0.25, 0.3) is 0 Å². The van der Waals surface area contributed by atoms with E-state index in [4.69, 9.17) is 0 Å². The largest absolute Gasteiger partial charge is 0.359 e. The Hall–Kier alpha value is -1.92. The summed E-state index contributed by atoms with van der Waals surface area (Å²) in [5.41, 5.74) is 2.67. The number of nitrogens with zero attached hydrogens (tertiary/aromatic N) is 2. The lowest BCUT2D eigenvalue weighted by Crippen LogP contribution is -2.39. The molecule has 2 amide bonds. The van der Waals surface area contributed by atoms with E-state index in [1.165, 1.54) is 11.1 Å². The molecule has 28 heavy (non-hydrogen) atoms. The number of likely N-dealkylation sites (tertiary alicyclic amines) is 2. The van der Waals surface area contributed by atoms with Crippen molar-refractivity contribution in [2.24, 2.45) is 11.8 Å². The maximum Gasteiger partial charge on any atom is 0.222 e. The molecule has 0 saturated carbocycles. The Labute approximate surface area is 168 Å². The molecule has 1 aromatic rings. The molecule has 2 fully saturated rings. The number of benzene rings is 1. The van der Waals surface area contributed by atoms with Crippen LogP contribution in [0.4, 0.5) is 0 Å². The van der Waals surface area contributed by atoms with E-state index in [2.05, 4.69) is 44.7 Å². The zero-order valence-corrected chi connectivity index (χ0v) is 17.2. The van der Waals surface area contributed by atoms with Crippen molar-refractivity contribution < 1.29 is 9.59 Å². The summed E-state index contributed by atoms with van der Waals surface area (Å²) in [6.07, 6.45) is 3.79. The van der Waals surface area contributed by atoms with Gasteiger partial charge < -0.3 is 10.6 Å². The number of carbonyl (C=O) groups excluding carboxylic acids is 2. The minimum Gasteiger partial charge on any atom is -0.359 e. The first-order chi connectivity index (χ1) is 13.6. The molecule has 6 heteroatoms. The molecule has 0 spiro atoms. The molecular weight excluding hydrogens is 352 g/mol. The van der Waals surface area contributed by atoms with Crippen LogP contribution in [0.5, 0.6) is 0 Å². The Morgan fingerprint density at radius 1 is 0.750 bits per heavy atom. The molecule has 0 aromatic heterocycles. The van der Waals surface area contributed by atoms with Gasteiger partial charge in [-0.3, -0.25) is 19.4 Å². The molecule has 0 aliphatic carbocycles. The topological polar surface area (TPSA) is 64.7 Å². The number of hydrogen-bond acceptors (Lipinski definition) is 4. The molecule has 6 nitrogen and oxygen atoms in total. The van der Waals surface area contributed by atoms with E-state index >= 15 is 0 Å². The Balaban J connectivity index is 1.42. The van der Waals surface area contributed by atoms with E-state index in [1.807, 2.05) is 0 Å². The number of amides is 2. The second-order valence-corrected chi connectivity index (χ2v) is 8.15. The fourth-order valence-corrected chi connectivity index (χ4v) is 4.38. The molecule has 2 aliphatic rings. The third kappa shape index (κ3) is 5.55. The lowest BCUT2D eigenvalue weighted by Gasteiger charge is -2.31. The predicted molar refractivity (Wildman–Crippen MR) is 111 cm³/mol. The molecule has 0 bridgehead atoms. The van der Waals surface area contributed by atoms with Gasteiger partial charge in [0.2, 0.25) is 11.8 Å². The molecule has 154 valence electrons. The summed E-state index contributed by atoms with van der Waals surface area (Å²) in [5, 5.41) is 5.54. The van der Waals surface area contributed by atoms with Crippen molar-refractivity contribution in [3.05, 3.63) is 35.4 Å². The fourth-order valence-electron chi connectivity index (χ4n) is 4.38. The quantitative estimate of drug-likeness (QED) is 0.780. The third-order valence-corrected chi connectivity index (χ3v) is 6.24. The highest BCUT2D eigenvalue weighted by molar-refractivity contribution is 5.78. The third-order valence-electron chi connectivity index (χ3n) is 6.24. The first-order valence-corrected chi connectivity index (χ1v) is 10.5. The summed E-state index contributed by atoms with van der Waals surface area (Å²) in [6.45, 7) is 5.86. The summed E-state index contributed by atoms with van der Waals surface area (Å²) < 4.78 is 0. The summed E-state index contributed by atoms with van der Waals surface area (Å²) in [7, 11) is 3.45. The van der Waals surface area contributed by atoms with E-state index in [0.29, 0.717) is 0 Å². The first kappa shape index (κ1) is 20.8. The van der Waals surface area contributed by atoms with Crippen molar-refractivity contribution in [3.63, 3.8) is 0 Å². The van der Waals surface area contributed by atoms with Crippen molar-refractivity contribution in [3.8, 4) is 0 Å². The number of carbonyl (C=O) groups is 2. The molecule has 0 radical (unpaired) electrons. The molecule has 3 rings (SSSR count). The van der Waals surface area contributed by atoms with Crippen LogP contribution in [0.3, 0.4) is 0 Å². The lowest BCUT2D eigenvalue weighted by atomic mass is 9.95. The van der Waals surface area contributed by atoms with Crippen molar-refractivity contribution in [1.82, 2.24) is 20.4 Å². The van der Waals surface area contributed by atoms with E-state index < -0.39 is 0 Å². The van der Waals surface area contributed by atoms with E-state index in [9.17, 15) is 9.59 Å². The normalized spacial score (nSPS) is 20.1. The van der Waals surface area contributed by atoms with Crippen LogP contribution in [0.2, 0.25) is 0 Å². The van der Waals surface area contributed by atoms with Gasteiger partial charge >= 0.3 is 0 Å². The minimum absolute atomic E-state index is 0.177. The van der Waals surface area contributed by atoms with Gasteiger partial charge in [0.15, 0.2) is 0 Å². The monoisotopic (exact) mass is 386 g/mol. The molecule has 2 N–H and O–H groups in total. The summed E-state index contributed by atoms with van der Waals surface area (Å²) in [5.74, 6) is 0.721. The smallest absolute Gasteiger partial charge is 0.222 e. The van der Waals surface area contributed by atoms with E-state index in [0.717, 1.165) is 65.0 Å². The van der Waals surface area contributed by atoms with Crippen LogP contribution >= 0.6 is 0 Å². The van der Waals surface area contributed by atoms with Gasteiger partial charge in [-0.1, -0.05) is 24.3 Å². The highest BCUT2D eigenvalue weighted by Crippen LogP contribution is 2.21. The number of rotatable bonds is 6. The SMILES string of the molecule is CNC(=O)C1CCN(Cc2ccc(CN3CCC(C(=O)NC)CC3)cc2)CC1. The highest BCUT2D eigenvalue weighted by Gasteiger charge is 2.25. The van der Waals surface area contributed by atoms with Crippen LogP contribution in [0.15, 0.2) is 24.3 Å². The van der Waals surface area contributed by atoms with Crippen LogP contribution in [-0.2, 0) is 22.7 Å². The van der Waals surface area contributed by atoms with Crippen LogP contribution in [0.25, 0.3) is 0 Å². The van der Waals surface area contributed by atoms with Crippen LogP contribution in [0.1, 0.15) is 36.8 Å². The van der Waals surface area contributed by atoms with Gasteiger partial charge in [-0.25, -0.2) is 0 Å². The average Bonchev–Trinajstić information content (AvgIpc) is 2.75. The molecular formula is C22H34N4O2. The van der Waals surface area contributed by atoms with Crippen molar-refractivity contribution in [2.75, 3.05) is 40.3 Å². The zero-order valence-electron chi connectivity index (χ0n) is 17.2. The van der Waals surface area contributed by atoms with Crippen molar-refractivity contribution in [2.45, 2.75) is 38.8 Å².